The highest BCUT2D eigenvalue weighted by atomic mass is 32.1. The molecular formula is C24H27N3O4S. The molecule has 0 aliphatic carbocycles. The van der Waals surface area contributed by atoms with Crippen LogP contribution in [-0.2, 0) is 16.0 Å². The van der Waals surface area contributed by atoms with Gasteiger partial charge in [0.15, 0.2) is 0 Å². The zero-order chi connectivity index (χ0) is 22.8. The molecule has 0 unspecified atom stereocenters. The fraction of sp³-hybridized carbons (Fsp3) is 0.375. The van der Waals surface area contributed by atoms with E-state index in [9.17, 15) is 9.59 Å². The molecule has 1 aliphatic heterocycles. The Labute approximate surface area is 191 Å². The number of likely N-dealkylation sites (N-methyl/N-ethyl adjacent to an activating group) is 1. The lowest BCUT2D eigenvalue weighted by Gasteiger charge is -2.22. The molecule has 1 saturated heterocycles. The number of carbonyl (C=O) groups excluding carboxylic acids is 2. The molecule has 7 nitrogen and oxygen atoms in total. The number of carbonyl (C=O) groups is 2. The molecule has 0 radical (unpaired) electrons. The van der Waals surface area contributed by atoms with E-state index in [1.807, 2.05) is 38.1 Å². The molecule has 3 heterocycles. The minimum Gasteiger partial charge on any atom is -0.465 e. The Hall–Kier alpha value is -2.81. The summed E-state index contributed by atoms with van der Waals surface area (Å²) >= 11 is 1.23. The summed E-state index contributed by atoms with van der Waals surface area (Å²) in [6.07, 6.45) is 1.01. The van der Waals surface area contributed by atoms with Crippen LogP contribution in [0.2, 0.25) is 0 Å². The van der Waals surface area contributed by atoms with E-state index >= 15 is 0 Å². The summed E-state index contributed by atoms with van der Waals surface area (Å²) in [4.78, 5) is 33.5. The maximum absolute atomic E-state index is 13.0. The Balaban J connectivity index is 1.65. The van der Waals surface area contributed by atoms with E-state index in [1.165, 1.54) is 18.4 Å². The van der Waals surface area contributed by atoms with Gasteiger partial charge in [0.25, 0.3) is 5.91 Å². The lowest BCUT2D eigenvalue weighted by atomic mass is 10.1. The van der Waals surface area contributed by atoms with Crippen LogP contribution in [0.5, 0.6) is 0 Å². The number of pyridine rings is 1. The first-order chi connectivity index (χ1) is 15.4. The second kappa shape index (κ2) is 9.36. The first-order valence-corrected chi connectivity index (χ1v) is 11.4. The van der Waals surface area contributed by atoms with Crippen molar-refractivity contribution in [1.82, 2.24) is 9.88 Å². The first kappa shape index (κ1) is 22.4. The van der Waals surface area contributed by atoms with Crippen LogP contribution in [0.25, 0.3) is 10.2 Å². The summed E-state index contributed by atoms with van der Waals surface area (Å²) in [6.45, 7) is 6.09. The molecule has 32 heavy (non-hydrogen) atoms. The van der Waals surface area contributed by atoms with Crippen LogP contribution in [0.1, 0.15) is 43.3 Å². The van der Waals surface area contributed by atoms with E-state index in [4.69, 9.17) is 14.5 Å². The van der Waals surface area contributed by atoms with Crippen molar-refractivity contribution >= 4 is 39.1 Å². The topological polar surface area (TPSA) is 80.8 Å². The summed E-state index contributed by atoms with van der Waals surface area (Å²) in [5, 5.41) is 3.66. The van der Waals surface area contributed by atoms with Gasteiger partial charge in [-0.25, -0.2) is 9.78 Å². The molecule has 8 heteroatoms. The van der Waals surface area contributed by atoms with E-state index in [2.05, 4.69) is 17.3 Å². The summed E-state index contributed by atoms with van der Waals surface area (Å²) < 4.78 is 10.4. The Kier molecular flexibility index (Phi) is 6.55. The number of benzene rings is 1. The van der Waals surface area contributed by atoms with E-state index in [-0.39, 0.29) is 5.91 Å². The fourth-order valence-electron chi connectivity index (χ4n) is 3.97. The van der Waals surface area contributed by atoms with Crippen molar-refractivity contribution in [3.63, 3.8) is 0 Å². The number of esters is 1. The zero-order valence-electron chi connectivity index (χ0n) is 18.7. The number of nitrogens with zero attached hydrogens (tertiary/aromatic N) is 2. The quantitative estimate of drug-likeness (QED) is 0.564. The molecule has 1 aromatic carbocycles. The first-order valence-electron chi connectivity index (χ1n) is 10.5. The number of aryl methyl sites for hydroxylation is 2. The number of hydrogen-bond donors (Lipinski definition) is 1. The van der Waals surface area contributed by atoms with Crippen molar-refractivity contribution in [3.8, 4) is 0 Å². The second-order valence-electron chi connectivity index (χ2n) is 8.16. The van der Waals surface area contributed by atoms with Crippen LogP contribution in [0.4, 0.5) is 5.69 Å². The van der Waals surface area contributed by atoms with Crippen LogP contribution in [0.3, 0.4) is 0 Å². The lowest BCUT2D eigenvalue weighted by molar-refractivity contribution is 0.0607. The minimum absolute atomic E-state index is 0.266. The lowest BCUT2D eigenvalue weighted by Crippen LogP contribution is -2.31. The highest BCUT2D eigenvalue weighted by molar-refractivity contribution is 7.21. The van der Waals surface area contributed by atoms with Crippen molar-refractivity contribution in [2.75, 3.05) is 32.7 Å². The highest BCUT2D eigenvalue weighted by Gasteiger charge is 2.24. The van der Waals surface area contributed by atoms with Gasteiger partial charge < -0.3 is 14.8 Å². The third-order valence-corrected chi connectivity index (χ3v) is 6.87. The van der Waals surface area contributed by atoms with E-state index in [1.54, 1.807) is 6.07 Å². The van der Waals surface area contributed by atoms with Crippen LogP contribution in [0.15, 0.2) is 30.3 Å². The molecule has 1 atom stereocenters. The van der Waals surface area contributed by atoms with Crippen molar-refractivity contribution in [2.45, 2.75) is 32.9 Å². The smallest absolute Gasteiger partial charge is 0.350 e. The van der Waals surface area contributed by atoms with Crippen molar-refractivity contribution in [2.24, 2.45) is 0 Å². The molecule has 1 N–H and O–H groups in total. The molecule has 2 aromatic heterocycles. The number of fused-ring (bicyclic) bond motifs is 1. The number of methoxy groups -OCH3 is 1. The van der Waals surface area contributed by atoms with Gasteiger partial charge in [0.05, 0.1) is 25.1 Å². The fourth-order valence-corrected chi connectivity index (χ4v) is 5.03. The number of amides is 1. The van der Waals surface area contributed by atoms with Crippen LogP contribution >= 0.6 is 11.3 Å². The van der Waals surface area contributed by atoms with Crippen LogP contribution in [0, 0.1) is 13.8 Å². The number of aromatic nitrogens is 1. The number of thiophene rings is 1. The zero-order valence-corrected chi connectivity index (χ0v) is 19.5. The maximum Gasteiger partial charge on any atom is 0.350 e. The van der Waals surface area contributed by atoms with Gasteiger partial charge in [-0.1, -0.05) is 17.7 Å². The average Bonchev–Trinajstić information content (AvgIpc) is 3.41. The Morgan fingerprint density at radius 3 is 2.78 bits per heavy atom. The van der Waals surface area contributed by atoms with Crippen molar-refractivity contribution < 1.29 is 19.1 Å². The summed E-state index contributed by atoms with van der Waals surface area (Å²) in [7, 11) is 3.40. The molecule has 0 spiro atoms. The highest BCUT2D eigenvalue weighted by Crippen LogP contribution is 2.36. The third-order valence-electron chi connectivity index (χ3n) is 5.79. The van der Waals surface area contributed by atoms with E-state index in [0.717, 1.165) is 41.8 Å². The molecular weight excluding hydrogens is 426 g/mol. The minimum atomic E-state index is -0.495. The predicted octanol–water partition coefficient (Wildman–Crippen LogP) is 4.17. The summed E-state index contributed by atoms with van der Waals surface area (Å²) in [5.41, 5.74) is 3.87. The Bertz CT molecular complexity index is 1170. The standard InChI is InChI=1S/C24H27N3O4S/c1-14-5-7-18(15(2)11-14)22(28)26-20-19-8-6-16(12-27(3)17-9-10-31-13-17)25-23(19)32-21(20)24(29)30-4/h5-8,11,17H,9-10,12-13H2,1-4H3,(H,26,28)/t17-/m1/s1. The Morgan fingerprint density at radius 2 is 2.09 bits per heavy atom. The molecule has 1 fully saturated rings. The number of anilines is 1. The molecule has 3 aromatic rings. The van der Waals surface area contributed by atoms with Gasteiger partial charge in [0.2, 0.25) is 0 Å². The van der Waals surface area contributed by atoms with E-state index < -0.39 is 5.97 Å². The molecule has 168 valence electrons. The van der Waals surface area contributed by atoms with Crippen molar-refractivity contribution in [1.29, 1.82) is 0 Å². The number of nitrogens with one attached hydrogen (secondary N) is 1. The number of hydrogen-bond acceptors (Lipinski definition) is 7. The second-order valence-corrected chi connectivity index (χ2v) is 9.16. The molecule has 4 rings (SSSR count). The predicted molar refractivity (Wildman–Crippen MR) is 126 cm³/mol. The molecule has 1 aliphatic rings. The monoisotopic (exact) mass is 453 g/mol. The van der Waals surface area contributed by atoms with Gasteiger partial charge in [-0.3, -0.25) is 9.69 Å². The third kappa shape index (κ3) is 4.53. The normalized spacial score (nSPS) is 16.0. The largest absolute Gasteiger partial charge is 0.465 e. The van der Waals surface area contributed by atoms with Gasteiger partial charge in [-0.15, -0.1) is 11.3 Å². The molecule has 0 bridgehead atoms. The average molecular weight is 454 g/mol. The number of rotatable bonds is 6. The van der Waals surface area contributed by atoms with Gasteiger partial charge in [0, 0.05) is 30.1 Å². The number of ether oxygens (including phenoxy) is 2. The molecule has 0 saturated carbocycles. The van der Waals surface area contributed by atoms with Gasteiger partial charge in [-0.05, 0) is 51.1 Å². The van der Waals surface area contributed by atoms with Gasteiger partial charge >= 0.3 is 5.97 Å². The van der Waals surface area contributed by atoms with Gasteiger partial charge in [0.1, 0.15) is 9.71 Å². The van der Waals surface area contributed by atoms with Crippen molar-refractivity contribution in [3.05, 3.63) is 57.6 Å². The summed E-state index contributed by atoms with van der Waals surface area (Å²) in [6, 6.07) is 9.89. The van der Waals surface area contributed by atoms with Crippen LogP contribution in [-0.4, -0.2) is 55.2 Å². The van der Waals surface area contributed by atoms with Gasteiger partial charge in [-0.2, -0.15) is 0 Å². The Morgan fingerprint density at radius 1 is 1.28 bits per heavy atom. The molecule has 1 amide bonds. The maximum atomic E-state index is 13.0. The SMILES string of the molecule is COC(=O)c1sc2nc(CN(C)[C@@H]3CCOC3)ccc2c1NC(=O)c1ccc(C)cc1C. The van der Waals surface area contributed by atoms with E-state index in [0.29, 0.717) is 33.5 Å². The van der Waals surface area contributed by atoms with Crippen LogP contribution < -0.4 is 5.32 Å². The summed E-state index contributed by atoms with van der Waals surface area (Å²) in [5.74, 6) is -0.761.